The minimum atomic E-state index is -0.807. The van der Waals surface area contributed by atoms with Gasteiger partial charge >= 0.3 is 0 Å². The Morgan fingerprint density at radius 1 is 1.29 bits per heavy atom. The zero-order valence-corrected chi connectivity index (χ0v) is 10.4. The molecule has 1 rings (SSSR count). The van der Waals surface area contributed by atoms with E-state index in [4.69, 9.17) is 4.74 Å². The summed E-state index contributed by atoms with van der Waals surface area (Å²) in [6.07, 6.45) is -0.807. The minimum Gasteiger partial charge on any atom is -0.373 e. The zero-order chi connectivity index (χ0) is 13.2. The molecule has 17 heavy (non-hydrogen) atoms. The molecule has 0 aliphatic carbocycles. The van der Waals surface area contributed by atoms with Crippen molar-refractivity contribution in [3.05, 3.63) is 35.4 Å². The number of benzene rings is 1. The number of Topliss-reactive ketones (excluding diaryl/α,β-unsaturated/α-hetero) is 1. The maximum atomic E-state index is 13.5. The molecule has 1 aromatic rings. The van der Waals surface area contributed by atoms with Gasteiger partial charge in [0.25, 0.3) is 0 Å². The molecule has 0 amide bonds. The maximum Gasteiger partial charge on any atom is 0.195 e. The van der Waals surface area contributed by atoms with Gasteiger partial charge in [-0.15, -0.1) is 0 Å². The van der Waals surface area contributed by atoms with Crippen molar-refractivity contribution in [1.29, 1.82) is 0 Å². The van der Waals surface area contributed by atoms with Crippen molar-refractivity contribution in [3.63, 3.8) is 0 Å². The second-order valence-electron chi connectivity index (χ2n) is 4.97. The minimum absolute atomic E-state index is 0.272. The molecule has 4 heteroatoms. The number of carbonyl (C=O) groups is 1. The Morgan fingerprint density at radius 2 is 1.88 bits per heavy atom. The van der Waals surface area contributed by atoms with Crippen molar-refractivity contribution >= 4 is 5.78 Å². The van der Waals surface area contributed by atoms with Crippen molar-refractivity contribution in [2.75, 3.05) is 7.11 Å². The van der Waals surface area contributed by atoms with E-state index < -0.39 is 28.9 Å². The van der Waals surface area contributed by atoms with Gasteiger partial charge in [-0.1, -0.05) is 20.8 Å². The molecule has 1 atom stereocenters. The first-order chi connectivity index (χ1) is 7.77. The highest BCUT2D eigenvalue weighted by molar-refractivity contribution is 6.00. The van der Waals surface area contributed by atoms with Crippen LogP contribution in [-0.2, 0) is 4.74 Å². The van der Waals surface area contributed by atoms with Crippen LogP contribution in [0.3, 0.4) is 0 Å². The van der Waals surface area contributed by atoms with E-state index in [9.17, 15) is 13.6 Å². The monoisotopic (exact) mass is 242 g/mol. The summed E-state index contributed by atoms with van der Waals surface area (Å²) in [5.41, 5.74) is -0.753. The van der Waals surface area contributed by atoms with Crippen molar-refractivity contribution in [3.8, 4) is 0 Å². The zero-order valence-electron chi connectivity index (χ0n) is 10.4. The molecule has 2 nitrogen and oxygen atoms in total. The van der Waals surface area contributed by atoms with Crippen molar-refractivity contribution in [2.45, 2.75) is 26.9 Å². The Labute approximate surface area is 99.6 Å². The molecular formula is C13H16F2O2. The average Bonchev–Trinajstić information content (AvgIpc) is 2.20. The third-order valence-electron chi connectivity index (χ3n) is 2.45. The largest absolute Gasteiger partial charge is 0.373 e. The number of hydrogen-bond donors (Lipinski definition) is 0. The molecule has 1 unspecified atom stereocenters. The van der Waals surface area contributed by atoms with E-state index in [1.54, 1.807) is 20.8 Å². The Morgan fingerprint density at radius 3 is 2.35 bits per heavy atom. The first-order valence-electron chi connectivity index (χ1n) is 5.29. The Balaban J connectivity index is 3.15. The SMILES string of the molecule is COC(C(=O)c1cc(F)ccc1F)C(C)(C)C. The summed E-state index contributed by atoms with van der Waals surface area (Å²) in [6.45, 7) is 5.41. The van der Waals surface area contributed by atoms with Gasteiger partial charge in [-0.25, -0.2) is 8.78 Å². The van der Waals surface area contributed by atoms with Crippen LogP contribution in [0.5, 0.6) is 0 Å². The Bertz CT molecular complexity index is 422. The lowest BCUT2D eigenvalue weighted by Crippen LogP contribution is -2.36. The summed E-state index contributed by atoms with van der Waals surface area (Å²) in [6, 6.07) is 2.82. The molecule has 0 aliphatic rings. The number of carbonyl (C=O) groups excluding carboxylic acids is 1. The summed E-state index contributed by atoms with van der Waals surface area (Å²) in [4.78, 5) is 12.1. The lowest BCUT2D eigenvalue weighted by Gasteiger charge is -2.28. The van der Waals surface area contributed by atoms with Gasteiger partial charge in [0, 0.05) is 7.11 Å². The van der Waals surface area contributed by atoms with Gasteiger partial charge in [0.15, 0.2) is 5.78 Å². The highest BCUT2D eigenvalue weighted by Crippen LogP contribution is 2.26. The fourth-order valence-electron chi connectivity index (χ4n) is 1.68. The summed E-state index contributed by atoms with van der Waals surface area (Å²) in [5, 5.41) is 0. The molecule has 0 N–H and O–H groups in total. The van der Waals surface area contributed by atoms with E-state index in [0.717, 1.165) is 18.2 Å². The fourth-order valence-corrected chi connectivity index (χ4v) is 1.68. The van der Waals surface area contributed by atoms with Gasteiger partial charge in [0.05, 0.1) is 5.56 Å². The van der Waals surface area contributed by atoms with Crippen LogP contribution in [0.15, 0.2) is 18.2 Å². The number of rotatable bonds is 3. The topological polar surface area (TPSA) is 26.3 Å². The lowest BCUT2D eigenvalue weighted by molar-refractivity contribution is 0.0192. The molecule has 94 valence electrons. The first-order valence-corrected chi connectivity index (χ1v) is 5.29. The third-order valence-corrected chi connectivity index (χ3v) is 2.45. The van der Waals surface area contributed by atoms with Crippen LogP contribution >= 0.6 is 0 Å². The number of methoxy groups -OCH3 is 1. The second-order valence-corrected chi connectivity index (χ2v) is 4.97. The Hall–Kier alpha value is -1.29. The summed E-state index contributed by atoms with van der Waals surface area (Å²) in [7, 11) is 1.38. The van der Waals surface area contributed by atoms with Crippen LogP contribution in [0.2, 0.25) is 0 Å². The van der Waals surface area contributed by atoms with Gasteiger partial charge in [-0.05, 0) is 23.6 Å². The molecule has 0 aliphatic heterocycles. The number of halogens is 2. The molecule has 0 spiro atoms. The molecule has 0 fully saturated rings. The quantitative estimate of drug-likeness (QED) is 0.761. The van der Waals surface area contributed by atoms with Crippen LogP contribution in [0, 0.1) is 17.0 Å². The fraction of sp³-hybridized carbons (Fsp3) is 0.462. The molecule has 0 heterocycles. The summed E-state index contributed by atoms with van der Waals surface area (Å²) >= 11 is 0. The average molecular weight is 242 g/mol. The van der Waals surface area contributed by atoms with Crippen molar-refractivity contribution in [1.82, 2.24) is 0 Å². The molecule has 0 radical (unpaired) electrons. The van der Waals surface area contributed by atoms with Crippen LogP contribution in [-0.4, -0.2) is 19.0 Å². The van der Waals surface area contributed by atoms with Gasteiger partial charge < -0.3 is 4.74 Å². The molecule has 0 aromatic heterocycles. The van der Waals surface area contributed by atoms with E-state index in [-0.39, 0.29) is 5.56 Å². The predicted octanol–water partition coefficient (Wildman–Crippen LogP) is 3.21. The van der Waals surface area contributed by atoms with E-state index >= 15 is 0 Å². The molecule has 1 aromatic carbocycles. The third kappa shape index (κ3) is 3.09. The smallest absolute Gasteiger partial charge is 0.195 e. The number of hydrogen-bond acceptors (Lipinski definition) is 2. The highest BCUT2D eigenvalue weighted by atomic mass is 19.1. The van der Waals surface area contributed by atoms with Crippen LogP contribution in [0.1, 0.15) is 31.1 Å². The standard InChI is InChI=1S/C13H16F2O2/c1-13(2,3)12(17-4)11(16)9-7-8(14)5-6-10(9)15/h5-7,12H,1-4H3. The Kier molecular flexibility index (Phi) is 3.98. The summed E-state index contributed by atoms with van der Waals surface area (Å²) in [5.74, 6) is -1.92. The van der Waals surface area contributed by atoms with Gasteiger partial charge in [0.2, 0.25) is 0 Å². The van der Waals surface area contributed by atoms with Crippen molar-refractivity contribution in [2.24, 2.45) is 5.41 Å². The summed E-state index contributed by atoms with van der Waals surface area (Å²) < 4.78 is 31.6. The van der Waals surface area contributed by atoms with Gasteiger partial charge in [0.1, 0.15) is 17.7 Å². The second kappa shape index (κ2) is 4.92. The normalized spacial score (nSPS) is 13.5. The number of ketones is 1. The first kappa shape index (κ1) is 13.8. The van der Waals surface area contributed by atoms with E-state index in [0.29, 0.717) is 0 Å². The van der Waals surface area contributed by atoms with E-state index in [1.807, 2.05) is 0 Å². The predicted molar refractivity (Wildman–Crippen MR) is 60.9 cm³/mol. The van der Waals surface area contributed by atoms with Crippen LogP contribution in [0.4, 0.5) is 8.78 Å². The van der Waals surface area contributed by atoms with Crippen LogP contribution in [0.25, 0.3) is 0 Å². The molecule has 0 bridgehead atoms. The lowest BCUT2D eigenvalue weighted by atomic mass is 9.84. The number of ether oxygens (including phenoxy) is 1. The van der Waals surface area contributed by atoms with E-state index in [2.05, 4.69) is 0 Å². The van der Waals surface area contributed by atoms with Crippen molar-refractivity contribution < 1.29 is 18.3 Å². The van der Waals surface area contributed by atoms with Crippen LogP contribution < -0.4 is 0 Å². The van der Waals surface area contributed by atoms with Gasteiger partial charge in [-0.2, -0.15) is 0 Å². The van der Waals surface area contributed by atoms with E-state index in [1.165, 1.54) is 7.11 Å². The molecule has 0 saturated heterocycles. The molecule has 0 saturated carbocycles. The maximum absolute atomic E-state index is 13.5. The molecular weight excluding hydrogens is 226 g/mol. The highest BCUT2D eigenvalue weighted by Gasteiger charge is 2.33. The van der Waals surface area contributed by atoms with Gasteiger partial charge in [-0.3, -0.25) is 4.79 Å².